The predicted molar refractivity (Wildman–Crippen MR) is 72.2 cm³/mol. The normalized spacial score (nSPS) is 12.6. The van der Waals surface area contributed by atoms with E-state index in [0.717, 1.165) is 0 Å². The fraction of sp³-hybridized carbons (Fsp3) is 0.429. The molecule has 1 aromatic rings. The lowest BCUT2D eigenvalue weighted by atomic mass is 10.0. The van der Waals surface area contributed by atoms with Crippen LogP contribution in [0.15, 0.2) is 30.3 Å². The molecule has 0 spiro atoms. The molecule has 19 heavy (non-hydrogen) atoms. The van der Waals surface area contributed by atoms with E-state index in [1.807, 2.05) is 6.07 Å². The summed E-state index contributed by atoms with van der Waals surface area (Å²) < 4.78 is 4.71. The van der Waals surface area contributed by atoms with E-state index in [1.165, 1.54) is 7.11 Å². The summed E-state index contributed by atoms with van der Waals surface area (Å²) in [6.07, 6.45) is 0.132. The number of amides is 1. The molecular weight excluding hydrogens is 244 g/mol. The molecule has 0 radical (unpaired) electrons. The van der Waals surface area contributed by atoms with Gasteiger partial charge in [0.15, 0.2) is 6.04 Å². The van der Waals surface area contributed by atoms with Crippen LogP contribution in [0.5, 0.6) is 0 Å². The molecule has 1 aromatic carbocycles. The number of carbonyl (C=O) groups excluding carboxylic acids is 2. The van der Waals surface area contributed by atoms with Crippen molar-refractivity contribution in [3.05, 3.63) is 35.9 Å². The summed E-state index contributed by atoms with van der Waals surface area (Å²) in [4.78, 5) is 23.6. The summed E-state index contributed by atoms with van der Waals surface area (Å²) in [6, 6.07) is 8.14. The van der Waals surface area contributed by atoms with Gasteiger partial charge in [-0.15, -0.1) is 0 Å². The van der Waals surface area contributed by atoms with Crippen LogP contribution in [0.3, 0.4) is 0 Å². The zero-order valence-corrected chi connectivity index (χ0v) is 11.5. The Balaban J connectivity index is 2.83. The van der Waals surface area contributed by atoms with Gasteiger partial charge in [-0.2, -0.15) is 0 Å². The van der Waals surface area contributed by atoms with Crippen molar-refractivity contribution >= 4 is 11.9 Å². The van der Waals surface area contributed by atoms with Crippen molar-refractivity contribution in [3.8, 4) is 0 Å². The Bertz CT molecular complexity index is 438. The summed E-state index contributed by atoms with van der Waals surface area (Å²) in [5.41, 5.74) is 5.84. The second-order valence-corrected chi connectivity index (χ2v) is 5.10. The monoisotopic (exact) mass is 264 g/mol. The van der Waals surface area contributed by atoms with Gasteiger partial charge in [-0.1, -0.05) is 30.3 Å². The number of nitrogens with two attached hydrogens (primary N) is 1. The van der Waals surface area contributed by atoms with Gasteiger partial charge in [0.05, 0.1) is 7.11 Å². The highest BCUT2D eigenvalue weighted by atomic mass is 16.5. The van der Waals surface area contributed by atoms with Crippen molar-refractivity contribution in [2.45, 2.75) is 31.8 Å². The molecule has 1 amide bonds. The molecular formula is C14H20N2O3. The smallest absolute Gasteiger partial charge is 0.333 e. The molecule has 1 rings (SSSR count). The second-order valence-electron chi connectivity index (χ2n) is 5.10. The molecule has 0 aliphatic heterocycles. The van der Waals surface area contributed by atoms with Crippen LogP contribution in [0.2, 0.25) is 0 Å². The van der Waals surface area contributed by atoms with E-state index in [9.17, 15) is 9.59 Å². The number of ether oxygens (including phenoxy) is 1. The lowest BCUT2D eigenvalue weighted by molar-refractivity contribution is -0.145. The van der Waals surface area contributed by atoms with Gasteiger partial charge in [-0.05, 0) is 19.4 Å². The van der Waals surface area contributed by atoms with Crippen molar-refractivity contribution in [2.75, 3.05) is 7.11 Å². The average molecular weight is 264 g/mol. The Kier molecular flexibility index (Phi) is 5.06. The number of benzene rings is 1. The van der Waals surface area contributed by atoms with E-state index >= 15 is 0 Å². The first-order chi connectivity index (χ1) is 8.83. The topological polar surface area (TPSA) is 81.4 Å². The SMILES string of the molecule is COC(=O)C(NC(=O)CC(C)(C)N)c1ccccc1. The zero-order chi connectivity index (χ0) is 14.5. The van der Waals surface area contributed by atoms with Gasteiger partial charge in [0.1, 0.15) is 0 Å². The lowest BCUT2D eigenvalue weighted by Crippen LogP contribution is -2.42. The van der Waals surface area contributed by atoms with Crippen molar-refractivity contribution in [2.24, 2.45) is 5.73 Å². The number of hydrogen-bond donors (Lipinski definition) is 2. The van der Waals surface area contributed by atoms with Crippen LogP contribution in [-0.4, -0.2) is 24.5 Å². The van der Waals surface area contributed by atoms with Crippen LogP contribution in [0.4, 0.5) is 0 Å². The van der Waals surface area contributed by atoms with E-state index in [-0.39, 0.29) is 12.3 Å². The minimum absolute atomic E-state index is 0.132. The van der Waals surface area contributed by atoms with Crippen molar-refractivity contribution < 1.29 is 14.3 Å². The highest BCUT2D eigenvalue weighted by molar-refractivity contribution is 5.85. The molecule has 0 aliphatic carbocycles. The summed E-state index contributed by atoms with van der Waals surface area (Å²) in [6.45, 7) is 3.50. The number of methoxy groups -OCH3 is 1. The zero-order valence-electron chi connectivity index (χ0n) is 11.5. The van der Waals surface area contributed by atoms with E-state index < -0.39 is 17.6 Å². The Morgan fingerprint density at radius 3 is 2.37 bits per heavy atom. The molecule has 0 saturated carbocycles. The predicted octanol–water partition coefficient (Wildman–Crippen LogP) is 1.14. The van der Waals surface area contributed by atoms with Crippen LogP contribution < -0.4 is 11.1 Å². The number of rotatable bonds is 5. The highest BCUT2D eigenvalue weighted by Crippen LogP contribution is 2.15. The van der Waals surface area contributed by atoms with Gasteiger partial charge in [0.2, 0.25) is 5.91 Å². The second kappa shape index (κ2) is 6.33. The average Bonchev–Trinajstić information content (AvgIpc) is 2.34. The first-order valence-corrected chi connectivity index (χ1v) is 6.04. The van der Waals surface area contributed by atoms with Crippen LogP contribution >= 0.6 is 0 Å². The highest BCUT2D eigenvalue weighted by Gasteiger charge is 2.25. The first-order valence-electron chi connectivity index (χ1n) is 6.04. The third kappa shape index (κ3) is 5.09. The molecule has 0 fully saturated rings. The van der Waals surface area contributed by atoms with E-state index in [1.54, 1.807) is 38.1 Å². The number of hydrogen-bond acceptors (Lipinski definition) is 4. The van der Waals surface area contributed by atoms with Crippen molar-refractivity contribution in [1.82, 2.24) is 5.32 Å². The Morgan fingerprint density at radius 1 is 1.32 bits per heavy atom. The first kappa shape index (κ1) is 15.2. The minimum Gasteiger partial charge on any atom is -0.467 e. The molecule has 104 valence electrons. The molecule has 0 bridgehead atoms. The summed E-state index contributed by atoms with van der Waals surface area (Å²) >= 11 is 0. The van der Waals surface area contributed by atoms with Gasteiger partial charge in [0, 0.05) is 12.0 Å². The Labute approximate surface area is 113 Å². The van der Waals surface area contributed by atoms with Gasteiger partial charge >= 0.3 is 5.97 Å². The largest absolute Gasteiger partial charge is 0.467 e. The Hall–Kier alpha value is -1.88. The third-order valence-electron chi connectivity index (χ3n) is 2.49. The van der Waals surface area contributed by atoms with Crippen LogP contribution in [-0.2, 0) is 14.3 Å². The minimum atomic E-state index is -0.805. The van der Waals surface area contributed by atoms with E-state index in [4.69, 9.17) is 10.5 Å². The van der Waals surface area contributed by atoms with Crippen LogP contribution in [0, 0.1) is 0 Å². The molecule has 0 aliphatic rings. The fourth-order valence-electron chi connectivity index (χ4n) is 1.67. The molecule has 1 atom stereocenters. The fourth-order valence-corrected chi connectivity index (χ4v) is 1.67. The van der Waals surface area contributed by atoms with Gasteiger partial charge in [0.25, 0.3) is 0 Å². The quantitative estimate of drug-likeness (QED) is 0.781. The summed E-state index contributed by atoms with van der Waals surface area (Å²) in [7, 11) is 1.29. The molecule has 0 aromatic heterocycles. The van der Waals surface area contributed by atoms with E-state index in [2.05, 4.69) is 5.32 Å². The van der Waals surface area contributed by atoms with Crippen molar-refractivity contribution in [3.63, 3.8) is 0 Å². The maximum atomic E-state index is 11.9. The van der Waals surface area contributed by atoms with Gasteiger partial charge < -0.3 is 15.8 Å². The maximum absolute atomic E-state index is 11.9. The third-order valence-corrected chi connectivity index (χ3v) is 2.49. The molecule has 0 heterocycles. The van der Waals surface area contributed by atoms with Crippen molar-refractivity contribution in [1.29, 1.82) is 0 Å². The number of nitrogens with one attached hydrogen (secondary N) is 1. The van der Waals surface area contributed by atoms with E-state index in [0.29, 0.717) is 5.56 Å². The Morgan fingerprint density at radius 2 is 1.89 bits per heavy atom. The lowest BCUT2D eigenvalue weighted by Gasteiger charge is -2.21. The standard InChI is InChI=1S/C14H20N2O3/c1-14(2,15)9-11(17)16-12(13(18)19-3)10-7-5-4-6-8-10/h4-8,12H,9,15H2,1-3H3,(H,16,17). The molecule has 5 heteroatoms. The summed E-state index contributed by atoms with van der Waals surface area (Å²) in [5.74, 6) is -0.791. The van der Waals surface area contributed by atoms with Gasteiger partial charge in [-0.25, -0.2) is 4.79 Å². The van der Waals surface area contributed by atoms with Crippen LogP contribution in [0.25, 0.3) is 0 Å². The van der Waals surface area contributed by atoms with Crippen LogP contribution in [0.1, 0.15) is 31.9 Å². The molecule has 5 nitrogen and oxygen atoms in total. The van der Waals surface area contributed by atoms with Gasteiger partial charge in [-0.3, -0.25) is 4.79 Å². The molecule has 0 saturated heterocycles. The molecule has 3 N–H and O–H groups in total. The molecule has 1 unspecified atom stereocenters. The summed E-state index contributed by atoms with van der Waals surface area (Å²) in [5, 5.41) is 2.65. The maximum Gasteiger partial charge on any atom is 0.333 e. The number of esters is 1. The number of carbonyl (C=O) groups is 2.